The Labute approximate surface area is 175 Å². The second-order valence-corrected chi connectivity index (χ2v) is 6.56. The summed E-state index contributed by atoms with van der Waals surface area (Å²) in [5, 5.41) is 9.18. The van der Waals surface area contributed by atoms with Gasteiger partial charge in [-0.25, -0.2) is 24.1 Å². The van der Waals surface area contributed by atoms with Crippen molar-refractivity contribution in [1.29, 1.82) is 5.26 Å². The van der Waals surface area contributed by atoms with Crippen LogP contribution in [0.25, 0.3) is 16.9 Å². The van der Waals surface area contributed by atoms with Crippen molar-refractivity contribution in [1.82, 2.24) is 19.1 Å². The maximum Gasteiger partial charge on any atom is 0.341 e. The van der Waals surface area contributed by atoms with E-state index in [9.17, 15) is 14.4 Å². The fourth-order valence-corrected chi connectivity index (χ4v) is 3.24. The summed E-state index contributed by atoms with van der Waals surface area (Å²) < 4.78 is 6.95. The Kier molecular flexibility index (Phi) is 5.12. The first kappa shape index (κ1) is 19.7. The van der Waals surface area contributed by atoms with E-state index in [4.69, 9.17) is 10.00 Å². The molecule has 0 unspecified atom stereocenters. The van der Waals surface area contributed by atoms with Crippen LogP contribution >= 0.6 is 0 Å². The number of nitriles is 1. The number of carbonyl (C=O) groups excluding carboxylic acids is 1. The second-order valence-electron chi connectivity index (χ2n) is 6.56. The van der Waals surface area contributed by atoms with Gasteiger partial charge in [0.15, 0.2) is 5.82 Å². The number of pyridine rings is 2. The minimum atomic E-state index is -0.723. The number of hydrogen-bond acceptors (Lipinski definition) is 7. The predicted octanol–water partition coefficient (Wildman–Crippen LogP) is 1.65. The average molecular weight is 413 g/mol. The lowest BCUT2D eigenvalue weighted by Gasteiger charge is -2.14. The molecule has 1 aromatic carbocycles. The van der Waals surface area contributed by atoms with Gasteiger partial charge in [-0.15, -0.1) is 0 Å². The summed E-state index contributed by atoms with van der Waals surface area (Å²) >= 11 is 0. The SMILES string of the molecule is COC(=O)c1cccnc1-n1c(=O)c2cccnc2n(Cc2ccc(C#N)cc2)c1=O. The van der Waals surface area contributed by atoms with Crippen molar-refractivity contribution in [3.05, 3.63) is 98.5 Å². The first-order valence-electron chi connectivity index (χ1n) is 9.18. The van der Waals surface area contributed by atoms with Crippen molar-refractivity contribution in [2.24, 2.45) is 0 Å². The molecule has 152 valence electrons. The first-order chi connectivity index (χ1) is 15.0. The molecule has 4 rings (SSSR count). The molecule has 0 atom stereocenters. The highest BCUT2D eigenvalue weighted by atomic mass is 16.5. The van der Waals surface area contributed by atoms with Crippen LogP contribution in [0.5, 0.6) is 0 Å². The molecule has 4 aromatic rings. The predicted molar refractivity (Wildman–Crippen MR) is 111 cm³/mol. The van der Waals surface area contributed by atoms with Crippen molar-refractivity contribution in [3.63, 3.8) is 0 Å². The van der Waals surface area contributed by atoms with Crippen molar-refractivity contribution in [2.75, 3.05) is 7.11 Å². The number of esters is 1. The summed E-state index contributed by atoms with van der Waals surface area (Å²) in [6.45, 7) is 0.0960. The van der Waals surface area contributed by atoms with Crippen molar-refractivity contribution < 1.29 is 9.53 Å². The van der Waals surface area contributed by atoms with E-state index in [-0.39, 0.29) is 29.0 Å². The number of nitrogens with zero attached hydrogens (tertiary/aromatic N) is 5. The molecular weight excluding hydrogens is 398 g/mol. The normalized spacial score (nSPS) is 10.6. The number of rotatable bonds is 4. The first-order valence-corrected chi connectivity index (χ1v) is 9.18. The monoisotopic (exact) mass is 413 g/mol. The fraction of sp³-hybridized carbons (Fsp3) is 0.0909. The minimum absolute atomic E-state index is 0.0163. The maximum absolute atomic E-state index is 13.4. The Morgan fingerprint density at radius 2 is 1.77 bits per heavy atom. The Balaban J connectivity index is 2.01. The third-order valence-corrected chi connectivity index (χ3v) is 4.73. The number of methoxy groups -OCH3 is 1. The number of hydrogen-bond donors (Lipinski definition) is 0. The fourth-order valence-electron chi connectivity index (χ4n) is 3.24. The van der Waals surface area contributed by atoms with E-state index in [1.807, 2.05) is 6.07 Å². The second kappa shape index (κ2) is 8.04. The van der Waals surface area contributed by atoms with Gasteiger partial charge in [-0.05, 0) is 42.0 Å². The topological polar surface area (TPSA) is 120 Å². The van der Waals surface area contributed by atoms with Gasteiger partial charge in [0.25, 0.3) is 5.56 Å². The van der Waals surface area contributed by atoms with Crippen molar-refractivity contribution in [2.45, 2.75) is 6.54 Å². The molecule has 0 saturated heterocycles. The van der Waals surface area contributed by atoms with Crippen LogP contribution in [-0.4, -0.2) is 32.2 Å². The van der Waals surface area contributed by atoms with Crippen LogP contribution in [0, 0.1) is 11.3 Å². The molecule has 0 spiro atoms. The summed E-state index contributed by atoms with van der Waals surface area (Å²) in [6, 6.07) is 14.8. The third kappa shape index (κ3) is 3.47. The molecule has 0 N–H and O–H groups in total. The molecular formula is C22H15N5O4. The molecule has 0 aliphatic rings. The van der Waals surface area contributed by atoms with Crippen molar-refractivity contribution in [3.8, 4) is 11.9 Å². The summed E-state index contributed by atoms with van der Waals surface area (Å²) in [4.78, 5) is 47.2. The van der Waals surface area contributed by atoms with E-state index < -0.39 is 17.2 Å². The highest BCUT2D eigenvalue weighted by Crippen LogP contribution is 2.13. The van der Waals surface area contributed by atoms with Gasteiger partial charge in [-0.3, -0.25) is 9.36 Å². The molecule has 3 heterocycles. The van der Waals surface area contributed by atoms with Gasteiger partial charge in [-0.1, -0.05) is 12.1 Å². The van der Waals surface area contributed by atoms with E-state index in [1.54, 1.807) is 36.4 Å². The standard InChI is InChI=1S/C22H15N5O4/c1-31-21(29)17-5-3-11-25-19(17)27-20(28)16-4-2-10-24-18(16)26(22(27)30)13-15-8-6-14(12-23)7-9-15/h2-11H,13H2,1H3. The number of carbonyl (C=O) groups is 1. The molecule has 9 heteroatoms. The molecule has 9 nitrogen and oxygen atoms in total. The number of benzene rings is 1. The van der Waals surface area contributed by atoms with Crippen LogP contribution in [0.4, 0.5) is 0 Å². The average Bonchev–Trinajstić information content (AvgIpc) is 2.82. The summed E-state index contributed by atoms with van der Waals surface area (Å²) in [5.41, 5.74) is 0.0520. The van der Waals surface area contributed by atoms with E-state index in [2.05, 4.69) is 9.97 Å². The Hall–Kier alpha value is -4.58. The van der Waals surface area contributed by atoms with E-state index in [1.165, 1.54) is 36.2 Å². The third-order valence-electron chi connectivity index (χ3n) is 4.73. The maximum atomic E-state index is 13.4. The van der Waals surface area contributed by atoms with Gasteiger partial charge >= 0.3 is 11.7 Å². The number of ether oxygens (including phenoxy) is 1. The van der Waals surface area contributed by atoms with Crippen LogP contribution in [0.3, 0.4) is 0 Å². The molecule has 0 aliphatic heterocycles. The van der Waals surface area contributed by atoms with Crippen LogP contribution in [-0.2, 0) is 11.3 Å². The zero-order valence-electron chi connectivity index (χ0n) is 16.3. The van der Waals surface area contributed by atoms with Gasteiger partial charge in [0.05, 0.1) is 30.7 Å². The van der Waals surface area contributed by atoms with E-state index >= 15 is 0 Å². The zero-order chi connectivity index (χ0) is 22.0. The van der Waals surface area contributed by atoms with Crippen LogP contribution < -0.4 is 11.2 Å². The summed E-state index contributed by atoms with van der Waals surface area (Å²) in [5.74, 6) is -0.844. The summed E-state index contributed by atoms with van der Waals surface area (Å²) in [7, 11) is 1.20. The van der Waals surface area contributed by atoms with Crippen LogP contribution in [0.1, 0.15) is 21.5 Å². The van der Waals surface area contributed by atoms with Gasteiger partial charge in [0, 0.05) is 12.4 Å². The van der Waals surface area contributed by atoms with Gasteiger partial charge in [0.1, 0.15) is 11.2 Å². The Bertz CT molecular complexity index is 1460. The highest BCUT2D eigenvalue weighted by Gasteiger charge is 2.21. The Morgan fingerprint density at radius 1 is 1.06 bits per heavy atom. The lowest BCUT2D eigenvalue weighted by molar-refractivity contribution is 0.0600. The van der Waals surface area contributed by atoms with Gasteiger partial charge < -0.3 is 4.74 Å². The largest absolute Gasteiger partial charge is 0.465 e. The number of fused-ring (bicyclic) bond motifs is 1. The molecule has 0 amide bonds. The van der Waals surface area contributed by atoms with Crippen molar-refractivity contribution >= 4 is 17.0 Å². The molecule has 0 saturated carbocycles. The molecule has 0 radical (unpaired) electrons. The van der Waals surface area contributed by atoms with Crippen LogP contribution in [0.15, 0.2) is 70.5 Å². The highest BCUT2D eigenvalue weighted by molar-refractivity contribution is 5.92. The molecule has 0 bridgehead atoms. The van der Waals surface area contributed by atoms with Crippen LogP contribution in [0.2, 0.25) is 0 Å². The molecule has 0 fully saturated rings. The summed E-state index contributed by atoms with van der Waals surface area (Å²) in [6.07, 6.45) is 2.87. The Morgan fingerprint density at radius 3 is 2.48 bits per heavy atom. The van der Waals surface area contributed by atoms with E-state index in [0.717, 1.165) is 10.1 Å². The van der Waals surface area contributed by atoms with Gasteiger partial charge in [0.2, 0.25) is 0 Å². The molecule has 0 aliphatic carbocycles. The minimum Gasteiger partial charge on any atom is -0.465 e. The smallest absolute Gasteiger partial charge is 0.341 e. The van der Waals surface area contributed by atoms with E-state index in [0.29, 0.717) is 5.56 Å². The van der Waals surface area contributed by atoms with Gasteiger partial charge in [-0.2, -0.15) is 5.26 Å². The number of aromatic nitrogens is 4. The quantitative estimate of drug-likeness (QED) is 0.467. The lowest BCUT2D eigenvalue weighted by atomic mass is 10.1. The zero-order valence-corrected chi connectivity index (χ0v) is 16.3. The molecule has 3 aromatic heterocycles. The molecule has 31 heavy (non-hydrogen) atoms. The lowest BCUT2D eigenvalue weighted by Crippen LogP contribution is -2.40.